The maximum absolute atomic E-state index is 12.5. The Morgan fingerprint density at radius 3 is 2.81 bits per heavy atom. The van der Waals surface area contributed by atoms with Crippen LogP contribution < -0.4 is 11.1 Å². The van der Waals surface area contributed by atoms with Crippen molar-refractivity contribution in [2.24, 2.45) is 5.73 Å². The molecule has 1 aromatic carbocycles. The summed E-state index contributed by atoms with van der Waals surface area (Å²) in [5, 5.41) is 5.29. The number of carbonyl (C=O) groups is 2. The van der Waals surface area contributed by atoms with Crippen molar-refractivity contribution in [1.29, 1.82) is 0 Å². The highest BCUT2D eigenvalue weighted by Gasteiger charge is 2.20. The fraction of sp³-hybridized carbons (Fsp3) is 0.167. The molecular formula is C18H18N4O2S2. The van der Waals surface area contributed by atoms with Crippen LogP contribution in [0.15, 0.2) is 53.3 Å². The number of aryl methyl sites for hydroxylation is 1. The quantitative estimate of drug-likeness (QED) is 0.635. The standard InChI is InChI=1S/C18H18N4O2S2/c1-11-5-3-4-6-14(11)22-9-8-20-18(22)26-12(2)16(24)21-17-13(15(19)23)7-10-25-17/h3-10,12H,1-2H3,(H2,19,23)(H,21,24). The highest BCUT2D eigenvalue weighted by molar-refractivity contribution is 8.00. The molecule has 6 nitrogen and oxygen atoms in total. The number of nitrogens with zero attached hydrogens (tertiary/aromatic N) is 2. The van der Waals surface area contributed by atoms with E-state index in [1.807, 2.05) is 42.0 Å². The molecule has 0 spiro atoms. The average molecular weight is 387 g/mol. The Bertz CT molecular complexity index is 948. The van der Waals surface area contributed by atoms with Crippen molar-refractivity contribution in [3.63, 3.8) is 0 Å². The van der Waals surface area contributed by atoms with E-state index >= 15 is 0 Å². The van der Waals surface area contributed by atoms with Gasteiger partial charge in [0, 0.05) is 12.4 Å². The molecule has 0 saturated heterocycles. The molecule has 134 valence electrons. The number of imidazole rings is 1. The average Bonchev–Trinajstić information content (AvgIpc) is 3.24. The van der Waals surface area contributed by atoms with Gasteiger partial charge in [0.25, 0.3) is 5.91 Å². The molecule has 0 aliphatic rings. The Kier molecular flexibility index (Phi) is 5.43. The lowest BCUT2D eigenvalue weighted by molar-refractivity contribution is -0.115. The summed E-state index contributed by atoms with van der Waals surface area (Å²) in [6.45, 7) is 3.83. The third-order valence-corrected chi connectivity index (χ3v) is 5.71. The van der Waals surface area contributed by atoms with E-state index < -0.39 is 11.2 Å². The van der Waals surface area contributed by atoms with Crippen LogP contribution in [0.5, 0.6) is 0 Å². The number of amides is 2. The number of nitrogens with one attached hydrogen (secondary N) is 1. The van der Waals surface area contributed by atoms with E-state index in [0.29, 0.717) is 10.6 Å². The number of para-hydroxylation sites is 1. The lowest BCUT2D eigenvalue weighted by Crippen LogP contribution is -2.24. The zero-order valence-electron chi connectivity index (χ0n) is 14.3. The van der Waals surface area contributed by atoms with Gasteiger partial charge in [-0.2, -0.15) is 0 Å². The van der Waals surface area contributed by atoms with E-state index in [1.165, 1.54) is 23.1 Å². The molecule has 3 rings (SSSR count). The molecular weight excluding hydrogens is 368 g/mol. The minimum Gasteiger partial charge on any atom is -0.366 e. The summed E-state index contributed by atoms with van der Waals surface area (Å²) < 4.78 is 1.96. The van der Waals surface area contributed by atoms with Crippen LogP contribution in [0.2, 0.25) is 0 Å². The first-order valence-corrected chi connectivity index (χ1v) is 9.67. The lowest BCUT2D eigenvalue weighted by Gasteiger charge is -2.14. The highest BCUT2D eigenvalue weighted by atomic mass is 32.2. The molecule has 2 heterocycles. The van der Waals surface area contributed by atoms with Crippen LogP contribution in [0.4, 0.5) is 5.00 Å². The van der Waals surface area contributed by atoms with Crippen LogP contribution in [0.3, 0.4) is 0 Å². The lowest BCUT2D eigenvalue weighted by atomic mass is 10.2. The number of aromatic nitrogens is 2. The van der Waals surface area contributed by atoms with Crippen LogP contribution >= 0.6 is 23.1 Å². The third-order valence-electron chi connectivity index (χ3n) is 3.80. The van der Waals surface area contributed by atoms with Crippen LogP contribution in [0, 0.1) is 6.92 Å². The first-order chi connectivity index (χ1) is 12.5. The number of hydrogen-bond donors (Lipinski definition) is 2. The Labute approximate surface area is 159 Å². The van der Waals surface area contributed by atoms with Gasteiger partial charge in [0.2, 0.25) is 5.91 Å². The van der Waals surface area contributed by atoms with Gasteiger partial charge in [-0.3, -0.25) is 14.2 Å². The minimum absolute atomic E-state index is 0.209. The smallest absolute Gasteiger partial charge is 0.251 e. The molecule has 3 N–H and O–H groups in total. The van der Waals surface area contributed by atoms with Gasteiger partial charge >= 0.3 is 0 Å². The van der Waals surface area contributed by atoms with Crippen molar-refractivity contribution in [3.05, 3.63) is 59.2 Å². The Hall–Kier alpha value is -2.58. The molecule has 26 heavy (non-hydrogen) atoms. The van der Waals surface area contributed by atoms with Crippen LogP contribution in [0.1, 0.15) is 22.8 Å². The number of rotatable bonds is 6. The van der Waals surface area contributed by atoms with Crippen molar-refractivity contribution in [3.8, 4) is 5.69 Å². The number of primary amides is 1. The third kappa shape index (κ3) is 3.81. The second-order valence-electron chi connectivity index (χ2n) is 5.64. The van der Waals surface area contributed by atoms with E-state index in [-0.39, 0.29) is 5.91 Å². The summed E-state index contributed by atoms with van der Waals surface area (Å²) in [7, 11) is 0. The van der Waals surface area contributed by atoms with E-state index in [0.717, 1.165) is 16.4 Å². The van der Waals surface area contributed by atoms with E-state index in [2.05, 4.69) is 10.3 Å². The Balaban J connectivity index is 1.75. The maximum atomic E-state index is 12.5. The fourth-order valence-corrected chi connectivity index (χ4v) is 4.09. The number of nitrogens with two attached hydrogens (primary N) is 1. The number of anilines is 1. The SMILES string of the molecule is Cc1ccccc1-n1ccnc1SC(C)C(=O)Nc1sccc1C(N)=O. The number of thioether (sulfide) groups is 1. The Morgan fingerprint density at radius 2 is 2.08 bits per heavy atom. The van der Waals surface area contributed by atoms with Gasteiger partial charge < -0.3 is 11.1 Å². The molecule has 1 unspecified atom stereocenters. The molecule has 0 fully saturated rings. The second kappa shape index (κ2) is 7.76. The summed E-state index contributed by atoms with van der Waals surface area (Å²) in [6.07, 6.45) is 3.59. The highest BCUT2D eigenvalue weighted by Crippen LogP contribution is 2.28. The summed E-state index contributed by atoms with van der Waals surface area (Å²) in [6, 6.07) is 9.59. The largest absolute Gasteiger partial charge is 0.366 e. The first kappa shape index (κ1) is 18.2. The monoisotopic (exact) mass is 386 g/mol. The summed E-state index contributed by atoms with van der Waals surface area (Å²) in [5.41, 5.74) is 7.78. The van der Waals surface area contributed by atoms with Crippen molar-refractivity contribution in [1.82, 2.24) is 9.55 Å². The van der Waals surface area contributed by atoms with Gasteiger partial charge in [-0.15, -0.1) is 11.3 Å². The van der Waals surface area contributed by atoms with Crippen LogP contribution in [-0.4, -0.2) is 26.6 Å². The molecule has 0 aliphatic heterocycles. The van der Waals surface area contributed by atoms with E-state index in [4.69, 9.17) is 5.73 Å². The second-order valence-corrected chi connectivity index (χ2v) is 7.87. The molecule has 3 aromatic rings. The van der Waals surface area contributed by atoms with Gasteiger partial charge in [-0.05, 0) is 36.9 Å². The number of hydrogen-bond acceptors (Lipinski definition) is 5. The predicted octanol–water partition coefficient (Wildman–Crippen LogP) is 3.46. The molecule has 0 bridgehead atoms. The van der Waals surface area contributed by atoms with Gasteiger partial charge in [-0.1, -0.05) is 30.0 Å². The normalized spacial score (nSPS) is 11.9. The molecule has 2 amide bonds. The van der Waals surface area contributed by atoms with E-state index in [1.54, 1.807) is 24.6 Å². The topological polar surface area (TPSA) is 90.0 Å². The van der Waals surface area contributed by atoms with Crippen molar-refractivity contribution >= 4 is 39.9 Å². The molecule has 2 aromatic heterocycles. The molecule has 0 aliphatic carbocycles. The number of carbonyl (C=O) groups excluding carboxylic acids is 2. The van der Waals surface area contributed by atoms with Gasteiger partial charge in [0.15, 0.2) is 5.16 Å². The summed E-state index contributed by atoms with van der Waals surface area (Å²) in [4.78, 5) is 28.3. The molecule has 8 heteroatoms. The molecule has 1 atom stereocenters. The van der Waals surface area contributed by atoms with Crippen LogP contribution in [0.25, 0.3) is 5.69 Å². The van der Waals surface area contributed by atoms with Crippen molar-refractivity contribution < 1.29 is 9.59 Å². The minimum atomic E-state index is -0.558. The summed E-state index contributed by atoms with van der Waals surface area (Å²) >= 11 is 2.62. The zero-order chi connectivity index (χ0) is 18.7. The van der Waals surface area contributed by atoms with Gasteiger partial charge in [-0.25, -0.2) is 4.98 Å². The fourth-order valence-electron chi connectivity index (χ4n) is 2.42. The van der Waals surface area contributed by atoms with Gasteiger partial charge in [0.05, 0.1) is 16.5 Å². The number of thiophene rings is 1. The van der Waals surface area contributed by atoms with Crippen LogP contribution in [-0.2, 0) is 4.79 Å². The molecule has 0 saturated carbocycles. The predicted molar refractivity (Wildman–Crippen MR) is 105 cm³/mol. The Morgan fingerprint density at radius 1 is 1.31 bits per heavy atom. The first-order valence-electron chi connectivity index (χ1n) is 7.91. The van der Waals surface area contributed by atoms with Crippen molar-refractivity contribution in [2.45, 2.75) is 24.3 Å². The summed E-state index contributed by atoms with van der Waals surface area (Å²) in [5.74, 6) is -0.767. The number of benzene rings is 1. The molecule has 0 radical (unpaired) electrons. The maximum Gasteiger partial charge on any atom is 0.251 e. The zero-order valence-corrected chi connectivity index (χ0v) is 15.9. The van der Waals surface area contributed by atoms with E-state index in [9.17, 15) is 9.59 Å². The van der Waals surface area contributed by atoms with Crippen molar-refractivity contribution in [2.75, 3.05) is 5.32 Å². The van der Waals surface area contributed by atoms with Gasteiger partial charge in [0.1, 0.15) is 5.00 Å².